The Bertz CT molecular complexity index is 1270. The Morgan fingerprint density at radius 1 is 0.274 bits per heavy atom. The molecule has 0 fully saturated rings. The van der Waals surface area contributed by atoms with Crippen LogP contribution in [0.4, 0.5) is 0 Å². The number of rotatable bonds is 59. The summed E-state index contributed by atoms with van der Waals surface area (Å²) in [6.45, 7) is 6.59. The molecule has 73 heavy (non-hydrogen) atoms. The van der Waals surface area contributed by atoms with E-state index in [0.717, 1.165) is 77.0 Å². The monoisotopic (exact) mass is 1020 g/mol. The lowest BCUT2D eigenvalue weighted by molar-refractivity contribution is -0.167. The molecule has 6 nitrogen and oxygen atoms in total. The Kier molecular flexibility index (Phi) is 59.7. The quantitative estimate of drug-likeness (QED) is 0.0261. The van der Waals surface area contributed by atoms with E-state index in [9.17, 15) is 14.4 Å². The van der Waals surface area contributed by atoms with Gasteiger partial charge in [0, 0.05) is 19.3 Å². The van der Waals surface area contributed by atoms with Crippen molar-refractivity contribution < 1.29 is 28.6 Å². The Balaban J connectivity index is 4.01. The zero-order valence-electron chi connectivity index (χ0n) is 48.9. The van der Waals surface area contributed by atoms with Gasteiger partial charge in [-0.1, -0.05) is 288 Å². The number of esters is 3. The molecule has 0 aromatic heterocycles. The zero-order valence-corrected chi connectivity index (χ0v) is 48.9. The summed E-state index contributed by atoms with van der Waals surface area (Å²) in [4.78, 5) is 37.9. The van der Waals surface area contributed by atoms with Crippen LogP contribution in [0.1, 0.15) is 342 Å². The second-order valence-electron chi connectivity index (χ2n) is 21.7. The molecule has 0 radical (unpaired) electrons. The second kappa shape index (κ2) is 61.9. The number of ether oxygens (including phenoxy) is 3. The molecule has 0 aliphatic heterocycles. The maximum Gasteiger partial charge on any atom is 0.306 e. The molecular formula is C67H122O6. The van der Waals surface area contributed by atoms with Gasteiger partial charge in [-0.3, -0.25) is 14.4 Å². The van der Waals surface area contributed by atoms with Gasteiger partial charge in [0.15, 0.2) is 6.10 Å². The number of hydrogen-bond donors (Lipinski definition) is 0. The van der Waals surface area contributed by atoms with E-state index in [1.54, 1.807) is 0 Å². The van der Waals surface area contributed by atoms with Crippen LogP contribution in [0.2, 0.25) is 0 Å². The van der Waals surface area contributed by atoms with Crippen LogP contribution in [0, 0.1) is 0 Å². The van der Waals surface area contributed by atoms with Crippen LogP contribution in [0.5, 0.6) is 0 Å². The fourth-order valence-electron chi connectivity index (χ4n) is 9.45. The van der Waals surface area contributed by atoms with Crippen molar-refractivity contribution in [1.29, 1.82) is 0 Å². The van der Waals surface area contributed by atoms with E-state index < -0.39 is 6.10 Å². The van der Waals surface area contributed by atoms with Gasteiger partial charge >= 0.3 is 17.9 Å². The third-order valence-electron chi connectivity index (χ3n) is 14.3. The minimum atomic E-state index is -0.770. The van der Waals surface area contributed by atoms with Gasteiger partial charge in [-0.25, -0.2) is 0 Å². The molecule has 0 N–H and O–H groups in total. The molecule has 0 aliphatic rings. The van der Waals surface area contributed by atoms with Gasteiger partial charge < -0.3 is 14.2 Å². The lowest BCUT2D eigenvalue weighted by Gasteiger charge is -2.18. The lowest BCUT2D eigenvalue weighted by Crippen LogP contribution is -2.30. The molecule has 0 saturated heterocycles. The number of allylic oxidation sites excluding steroid dienone is 8. The Morgan fingerprint density at radius 3 is 0.781 bits per heavy atom. The van der Waals surface area contributed by atoms with Crippen LogP contribution in [-0.2, 0) is 28.6 Å². The average molecular weight is 1020 g/mol. The van der Waals surface area contributed by atoms with Crippen LogP contribution in [0.3, 0.4) is 0 Å². The van der Waals surface area contributed by atoms with Crippen molar-refractivity contribution in [2.24, 2.45) is 0 Å². The molecule has 0 spiro atoms. The van der Waals surface area contributed by atoms with Gasteiger partial charge in [-0.2, -0.15) is 0 Å². The normalized spacial score (nSPS) is 12.3. The van der Waals surface area contributed by atoms with Gasteiger partial charge in [-0.15, -0.1) is 0 Å². The number of unbranched alkanes of at least 4 members (excludes halogenated alkanes) is 40. The number of carbonyl (C=O) groups is 3. The van der Waals surface area contributed by atoms with Crippen molar-refractivity contribution in [3.63, 3.8) is 0 Å². The molecule has 0 aliphatic carbocycles. The first-order valence-corrected chi connectivity index (χ1v) is 32.1. The largest absolute Gasteiger partial charge is 0.462 e. The van der Waals surface area contributed by atoms with Crippen molar-refractivity contribution in [3.05, 3.63) is 48.6 Å². The molecule has 1 unspecified atom stereocenters. The average Bonchev–Trinajstić information content (AvgIpc) is 3.39. The van der Waals surface area contributed by atoms with Crippen molar-refractivity contribution in [3.8, 4) is 0 Å². The Hall–Kier alpha value is -2.63. The van der Waals surface area contributed by atoms with Gasteiger partial charge in [-0.05, 0) is 83.5 Å². The number of carbonyl (C=O) groups excluding carboxylic acids is 3. The summed E-state index contributed by atoms with van der Waals surface area (Å²) in [5.41, 5.74) is 0. The van der Waals surface area contributed by atoms with E-state index in [1.807, 2.05) is 0 Å². The SMILES string of the molecule is CCCCCCC/C=C\C/C=C\C/C=C\CCCCCCCCCCCCCCC(=O)OCC(COC(=O)CCCCCCC)OC(=O)CCCCCCCCCCCCC/C=C\CCCCCCCCCC. The smallest absolute Gasteiger partial charge is 0.306 e. The van der Waals surface area contributed by atoms with Gasteiger partial charge in [0.05, 0.1) is 0 Å². The van der Waals surface area contributed by atoms with E-state index in [0.29, 0.717) is 19.3 Å². The summed E-state index contributed by atoms with van der Waals surface area (Å²) < 4.78 is 16.8. The summed E-state index contributed by atoms with van der Waals surface area (Å²) >= 11 is 0. The third kappa shape index (κ3) is 60.1. The van der Waals surface area contributed by atoms with Crippen LogP contribution in [-0.4, -0.2) is 37.2 Å². The molecule has 426 valence electrons. The molecule has 0 amide bonds. The van der Waals surface area contributed by atoms with E-state index in [4.69, 9.17) is 14.2 Å². The predicted molar refractivity (Wildman–Crippen MR) is 316 cm³/mol. The first kappa shape index (κ1) is 70.4. The maximum absolute atomic E-state index is 12.8. The fraction of sp³-hybridized carbons (Fsp3) is 0.836. The van der Waals surface area contributed by atoms with E-state index in [-0.39, 0.29) is 31.1 Å². The zero-order chi connectivity index (χ0) is 52.9. The van der Waals surface area contributed by atoms with Crippen LogP contribution >= 0.6 is 0 Å². The maximum atomic E-state index is 12.8. The van der Waals surface area contributed by atoms with Crippen LogP contribution in [0.25, 0.3) is 0 Å². The van der Waals surface area contributed by atoms with Crippen LogP contribution < -0.4 is 0 Å². The fourth-order valence-corrected chi connectivity index (χ4v) is 9.45. The van der Waals surface area contributed by atoms with Crippen molar-refractivity contribution in [2.45, 2.75) is 348 Å². The van der Waals surface area contributed by atoms with Crippen molar-refractivity contribution >= 4 is 17.9 Å². The third-order valence-corrected chi connectivity index (χ3v) is 14.3. The molecule has 6 heteroatoms. The standard InChI is InChI=1S/C67H122O6/c1-4-7-10-13-15-17-19-21-23-25-27-29-31-32-33-34-36-37-39-41-43-45-47-49-51-54-57-60-66(69)72-63-64(62-71-65(68)59-56-53-12-9-6-3)73-67(70)61-58-55-52-50-48-46-44-42-40-38-35-30-28-26-24-22-20-18-16-14-11-8-5-2/h19,21,25-28,31-32,64H,4-18,20,22-24,29-30,33-63H2,1-3H3/b21-19-,27-25-,28-26-,32-31-. The first-order valence-electron chi connectivity index (χ1n) is 32.1. The summed E-state index contributed by atoms with van der Waals surface area (Å²) in [7, 11) is 0. The highest BCUT2D eigenvalue weighted by Gasteiger charge is 2.19. The van der Waals surface area contributed by atoms with Crippen molar-refractivity contribution in [2.75, 3.05) is 13.2 Å². The highest BCUT2D eigenvalue weighted by Crippen LogP contribution is 2.17. The van der Waals surface area contributed by atoms with Gasteiger partial charge in [0.1, 0.15) is 13.2 Å². The summed E-state index contributed by atoms with van der Waals surface area (Å²) in [6.07, 6.45) is 77.4. The molecular weight excluding hydrogens is 901 g/mol. The lowest BCUT2D eigenvalue weighted by atomic mass is 10.0. The predicted octanol–water partition coefficient (Wildman–Crippen LogP) is 21.8. The highest BCUT2D eigenvalue weighted by atomic mass is 16.6. The highest BCUT2D eigenvalue weighted by molar-refractivity contribution is 5.71. The molecule has 0 bridgehead atoms. The van der Waals surface area contributed by atoms with Gasteiger partial charge in [0.2, 0.25) is 0 Å². The molecule has 0 saturated carbocycles. The summed E-state index contributed by atoms with van der Waals surface area (Å²) in [5.74, 6) is -0.872. The molecule has 0 heterocycles. The second-order valence-corrected chi connectivity index (χ2v) is 21.7. The minimum Gasteiger partial charge on any atom is -0.462 e. The topological polar surface area (TPSA) is 78.9 Å². The molecule has 0 aromatic rings. The van der Waals surface area contributed by atoms with E-state index in [1.165, 1.54) is 225 Å². The minimum absolute atomic E-state index is 0.0719. The summed E-state index contributed by atoms with van der Waals surface area (Å²) in [5, 5.41) is 0. The summed E-state index contributed by atoms with van der Waals surface area (Å²) in [6, 6.07) is 0. The number of hydrogen-bond acceptors (Lipinski definition) is 6. The molecule has 1 atom stereocenters. The van der Waals surface area contributed by atoms with Gasteiger partial charge in [0.25, 0.3) is 0 Å². The van der Waals surface area contributed by atoms with Crippen molar-refractivity contribution in [1.82, 2.24) is 0 Å². The Morgan fingerprint density at radius 2 is 0.493 bits per heavy atom. The van der Waals surface area contributed by atoms with E-state index in [2.05, 4.69) is 69.4 Å². The van der Waals surface area contributed by atoms with Crippen LogP contribution in [0.15, 0.2) is 48.6 Å². The van der Waals surface area contributed by atoms with E-state index >= 15 is 0 Å². The molecule has 0 aromatic carbocycles. The first-order chi connectivity index (χ1) is 36.0. The Labute approximate surface area is 454 Å². The molecule has 0 rings (SSSR count).